The fraction of sp³-hybridized carbons (Fsp3) is 0.389. The number of pyridine rings is 1. The molecule has 1 saturated carbocycles. The van der Waals surface area contributed by atoms with Gasteiger partial charge in [0.2, 0.25) is 5.91 Å². The summed E-state index contributed by atoms with van der Waals surface area (Å²) in [6, 6.07) is 10.2. The Kier molecular flexibility index (Phi) is 4.47. The lowest BCUT2D eigenvalue weighted by Gasteiger charge is -2.21. The number of rotatable bonds is 3. The highest BCUT2D eigenvalue weighted by Crippen LogP contribution is 2.33. The summed E-state index contributed by atoms with van der Waals surface area (Å²) >= 11 is 0. The molecule has 1 heterocycles. The number of hydrazone groups is 1. The molecule has 0 unspecified atom stereocenters. The lowest BCUT2D eigenvalue weighted by molar-refractivity contribution is -0.118. The zero-order valence-corrected chi connectivity index (χ0v) is 12.9. The molecule has 1 fully saturated rings. The van der Waals surface area contributed by atoms with Crippen molar-refractivity contribution < 1.29 is 4.79 Å². The maximum Gasteiger partial charge on any atom is 0.236 e. The Labute approximate surface area is 130 Å². The highest BCUT2D eigenvalue weighted by atomic mass is 16.2. The van der Waals surface area contributed by atoms with E-state index in [1.807, 2.05) is 24.3 Å². The van der Waals surface area contributed by atoms with E-state index >= 15 is 0 Å². The van der Waals surface area contributed by atoms with E-state index in [4.69, 9.17) is 4.98 Å². The van der Waals surface area contributed by atoms with Crippen LogP contribution in [0.2, 0.25) is 0 Å². The van der Waals surface area contributed by atoms with Crippen molar-refractivity contribution in [1.82, 2.24) is 10.4 Å². The zero-order chi connectivity index (χ0) is 15.4. The third-order valence-electron chi connectivity index (χ3n) is 4.22. The number of carbonyl (C=O) groups is 1. The van der Waals surface area contributed by atoms with E-state index in [1.165, 1.54) is 39.0 Å². The maximum absolute atomic E-state index is 11.0. The molecule has 2 aromatic rings. The van der Waals surface area contributed by atoms with Gasteiger partial charge in [0, 0.05) is 29.5 Å². The molecule has 1 aliphatic rings. The Hall–Kier alpha value is -2.23. The minimum absolute atomic E-state index is 0.165. The number of fused-ring (bicyclic) bond motifs is 1. The lowest BCUT2D eigenvalue weighted by atomic mass is 9.86. The molecule has 0 bridgehead atoms. The molecule has 0 saturated heterocycles. The van der Waals surface area contributed by atoms with Crippen LogP contribution in [0.5, 0.6) is 0 Å². The van der Waals surface area contributed by atoms with Gasteiger partial charge in [-0.1, -0.05) is 37.5 Å². The highest BCUT2D eigenvalue weighted by molar-refractivity contribution is 5.98. The van der Waals surface area contributed by atoms with Crippen molar-refractivity contribution in [2.24, 2.45) is 5.10 Å². The lowest BCUT2D eigenvalue weighted by Crippen LogP contribution is -2.12. The van der Waals surface area contributed by atoms with Gasteiger partial charge in [0.15, 0.2) is 0 Å². The van der Waals surface area contributed by atoms with E-state index < -0.39 is 0 Å². The summed E-state index contributed by atoms with van der Waals surface area (Å²) in [6.07, 6.45) is 8.06. The van der Waals surface area contributed by atoms with Gasteiger partial charge in [0.25, 0.3) is 0 Å². The van der Waals surface area contributed by atoms with Gasteiger partial charge < -0.3 is 0 Å². The summed E-state index contributed by atoms with van der Waals surface area (Å²) in [5.41, 5.74) is 5.63. The van der Waals surface area contributed by atoms with Gasteiger partial charge in [-0.25, -0.2) is 5.43 Å². The highest BCUT2D eigenvalue weighted by Gasteiger charge is 2.18. The quantitative estimate of drug-likeness (QED) is 0.692. The van der Waals surface area contributed by atoms with Gasteiger partial charge in [-0.05, 0) is 25.0 Å². The van der Waals surface area contributed by atoms with Gasteiger partial charge in [-0.2, -0.15) is 5.10 Å². The minimum Gasteiger partial charge on any atom is -0.274 e. The molecular formula is C18H21N3O. The van der Waals surface area contributed by atoms with Crippen molar-refractivity contribution in [1.29, 1.82) is 0 Å². The fourth-order valence-corrected chi connectivity index (χ4v) is 3.13. The number of hydrogen-bond acceptors (Lipinski definition) is 3. The van der Waals surface area contributed by atoms with E-state index in [0.29, 0.717) is 5.92 Å². The molecule has 0 spiro atoms. The fourth-order valence-electron chi connectivity index (χ4n) is 3.13. The topological polar surface area (TPSA) is 54.4 Å². The van der Waals surface area contributed by atoms with Crippen LogP contribution in [-0.2, 0) is 4.79 Å². The van der Waals surface area contributed by atoms with Crippen molar-refractivity contribution in [3.8, 4) is 0 Å². The molecule has 1 N–H and O–H groups in total. The summed E-state index contributed by atoms with van der Waals surface area (Å²) in [6.45, 7) is 1.45. The van der Waals surface area contributed by atoms with Crippen molar-refractivity contribution in [3.63, 3.8) is 0 Å². The molecule has 3 rings (SSSR count). The van der Waals surface area contributed by atoms with Crippen LogP contribution in [0.25, 0.3) is 10.9 Å². The summed E-state index contributed by atoms with van der Waals surface area (Å²) in [5.74, 6) is 0.383. The van der Waals surface area contributed by atoms with Crippen molar-refractivity contribution >= 4 is 23.0 Å². The number of hydrogen-bond donors (Lipinski definition) is 1. The summed E-state index contributed by atoms with van der Waals surface area (Å²) in [5, 5.41) is 5.09. The summed E-state index contributed by atoms with van der Waals surface area (Å²) < 4.78 is 0. The first kappa shape index (κ1) is 14.7. The largest absolute Gasteiger partial charge is 0.274 e. The van der Waals surface area contributed by atoms with Gasteiger partial charge in [-0.15, -0.1) is 0 Å². The molecule has 1 aromatic heterocycles. The predicted octanol–water partition coefficient (Wildman–Crippen LogP) is 3.75. The van der Waals surface area contributed by atoms with Crippen LogP contribution in [0.1, 0.15) is 56.2 Å². The first-order chi connectivity index (χ1) is 10.7. The second-order valence-electron chi connectivity index (χ2n) is 5.91. The summed E-state index contributed by atoms with van der Waals surface area (Å²) in [7, 11) is 0. The van der Waals surface area contributed by atoms with E-state index in [1.54, 1.807) is 6.21 Å². The third-order valence-corrected chi connectivity index (χ3v) is 4.22. The van der Waals surface area contributed by atoms with Crippen LogP contribution < -0.4 is 5.43 Å². The Balaban J connectivity index is 1.99. The van der Waals surface area contributed by atoms with E-state index in [0.717, 1.165) is 22.2 Å². The first-order valence-corrected chi connectivity index (χ1v) is 7.93. The average molecular weight is 295 g/mol. The first-order valence-electron chi connectivity index (χ1n) is 7.93. The Morgan fingerprint density at radius 1 is 1.27 bits per heavy atom. The Morgan fingerprint density at radius 2 is 2.05 bits per heavy atom. The number of benzene rings is 1. The third kappa shape index (κ3) is 3.32. The molecular weight excluding hydrogens is 274 g/mol. The number of aromatic nitrogens is 1. The average Bonchev–Trinajstić information content (AvgIpc) is 2.55. The second kappa shape index (κ2) is 6.69. The Morgan fingerprint density at radius 3 is 2.82 bits per heavy atom. The molecule has 0 atom stereocenters. The molecule has 4 heteroatoms. The number of carbonyl (C=O) groups excluding carboxylic acids is 1. The van der Waals surface area contributed by atoms with Crippen LogP contribution in [0.3, 0.4) is 0 Å². The van der Waals surface area contributed by atoms with Crippen LogP contribution in [0, 0.1) is 0 Å². The number of amides is 1. The van der Waals surface area contributed by atoms with Crippen molar-refractivity contribution in [2.75, 3.05) is 0 Å². The molecule has 1 aliphatic carbocycles. The molecule has 22 heavy (non-hydrogen) atoms. The molecule has 114 valence electrons. The number of nitrogens with zero attached hydrogens (tertiary/aromatic N) is 2. The second-order valence-corrected chi connectivity index (χ2v) is 5.91. The van der Waals surface area contributed by atoms with Crippen LogP contribution in [0.4, 0.5) is 0 Å². The van der Waals surface area contributed by atoms with Crippen LogP contribution in [0.15, 0.2) is 35.4 Å². The minimum atomic E-state index is -0.165. The maximum atomic E-state index is 11.0. The van der Waals surface area contributed by atoms with Crippen LogP contribution in [-0.4, -0.2) is 17.1 Å². The number of para-hydroxylation sites is 1. The smallest absolute Gasteiger partial charge is 0.236 e. The zero-order valence-electron chi connectivity index (χ0n) is 12.9. The SMILES string of the molecule is CC(=O)N/N=C\c1cc(C2CCCCC2)nc2ccccc12. The number of nitrogens with one attached hydrogen (secondary N) is 1. The van der Waals surface area contributed by atoms with Crippen LogP contribution >= 0.6 is 0 Å². The predicted molar refractivity (Wildman–Crippen MR) is 89.0 cm³/mol. The van der Waals surface area contributed by atoms with E-state index in [9.17, 15) is 4.79 Å². The van der Waals surface area contributed by atoms with Gasteiger partial charge in [0.1, 0.15) is 0 Å². The van der Waals surface area contributed by atoms with E-state index in [-0.39, 0.29) is 5.91 Å². The monoisotopic (exact) mass is 295 g/mol. The van der Waals surface area contributed by atoms with Gasteiger partial charge in [0.05, 0.1) is 11.7 Å². The van der Waals surface area contributed by atoms with E-state index in [2.05, 4.69) is 16.6 Å². The Bertz CT molecular complexity index is 703. The van der Waals surface area contributed by atoms with Gasteiger partial charge in [-0.3, -0.25) is 9.78 Å². The molecule has 0 aliphatic heterocycles. The normalized spacial score (nSPS) is 16.2. The van der Waals surface area contributed by atoms with Crippen molar-refractivity contribution in [2.45, 2.75) is 44.9 Å². The molecule has 1 amide bonds. The summed E-state index contributed by atoms with van der Waals surface area (Å²) in [4.78, 5) is 15.8. The van der Waals surface area contributed by atoms with Gasteiger partial charge >= 0.3 is 0 Å². The standard InChI is InChI=1S/C18H21N3O/c1-13(22)21-19-12-15-11-18(14-7-3-2-4-8-14)20-17-10-6-5-9-16(15)17/h5-6,9-12,14H,2-4,7-8H2,1H3,(H,21,22)/b19-12-. The van der Waals surface area contributed by atoms with Crippen molar-refractivity contribution in [3.05, 3.63) is 41.6 Å². The molecule has 1 aromatic carbocycles. The molecule has 4 nitrogen and oxygen atoms in total. The molecule has 0 radical (unpaired) electrons.